The molecule has 1 saturated carbocycles. The number of amides is 1. The Hall–Kier alpha value is -1.36. The summed E-state index contributed by atoms with van der Waals surface area (Å²) in [7, 11) is 1.85. The van der Waals surface area contributed by atoms with E-state index in [1.807, 2.05) is 13.2 Å². The predicted octanol–water partition coefficient (Wildman–Crippen LogP) is 1.67. The summed E-state index contributed by atoms with van der Waals surface area (Å²) in [6.07, 6.45) is 10.0. The highest BCUT2D eigenvalue weighted by Gasteiger charge is 2.33. The van der Waals surface area contributed by atoms with Gasteiger partial charge in [-0.15, -0.1) is 0 Å². The molecular formula is C14H24N4O. The zero-order valence-electron chi connectivity index (χ0n) is 11.7. The number of H-pyrrole nitrogens is 1. The minimum absolute atomic E-state index is 0.0417. The lowest BCUT2D eigenvalue weighted by Crippen LogP contribution is -2.39. The van der Waals surface area contributed by atoms with Crippen molar-refractivity contribution in [3.63, 3.8) is 0 Å². The predicted molar refractivity (Wildman–Crippen MR) is 74.3 cm³/mol. The van der Waals surface area contributed by atoms with Crippen molar-refractivity contribution >= 4 is 5.91 Å². The van der Waals surface area contributed by atoms with Gasteiger partial charge in [-0.1, -0.05) is 19.3 Å². The molecular weight excluding hydrogens is 240 g/mol. The van der Waals surface area contributed by atoms with Crippen molar-refractivity contribution in [2.24, 2.45) is 11.1 Å². The van der Waals surface area contributed by atoms with Gasteiger partial charge in [0, 0.05) is 31.8 Å². The van der Waals surface area contributed by atoms with Gasteiger partial charge in [0.15, 0.2) is 0 Å². The first-order valence-electron chi connectivity index (χ1n) is 7.07. The molecule has 1 heterocycles. The second kappa shape index (κ2) is 6.19. The largest absolute Gasteiger partial charge is 0.341 e. The summed E-state index contributed by atoms with van der Waals surface area (Å²) in [5.74, 6) is 0.188. The fourth-order valence-electron chi connectivity index (χ4n) is 2.94. The van der Waals surface area contributed by atoms with Gasteiger partial charge in [-0.25, -0.2) is 0 Å². The summed E-state index contributed by atoms with van der Waals surface area (Å²) in [6.45, 7) is 1.23. The number of rotatable bonds is 5. The number of nitrogens with two attached hydrogens (primary N) is 1. The second-order valence-electron chi connectivity index (χ2n) is 5.80. The molecule has 2 rings (SSSR count). The number of carbonyl (C=O) groups is 1. The second-order valence-corrected chi connectivity index (χ2v) is 5.80. The van der Waals surface area contributed by atoms with Crippen LogP contribution in [0.15, 0.2) is 12.4 Å². The van der Waals surface area contributed by atoms with E-state index in [4.69, 9.17) is 5.73 Å². The third-order valence-corrected chi connectivity index (χ3v) is 4.27. The van der Waals surface area contributed by atoms with E-state index in [9.17, 15) is 4.79 Å². The molecule has 1 aromatic rings. The number of hydrogen-bond donors (Lipinski definition) is 2. The molecule has 19 heavy (non-hydrogen) atoms. The summed E-state index contributed by atoms with van der Waals surface area (Å²) in [6, 6.07) is 0. The number of aromatic nitrogens is 2. The lowest BCUT2D eigenvalue weighted by Gasteiger charge is -2.36. The van der Waals surface area contributed by atoms with Gasteiger partial charge in [-0.2, -0.15) is 5.10 Å². The van der Waals surface area contributed by atoms with Crippen LogP contribution in [0, 0.1) is 5.41 Å². The smallest absolute Gasteiger partial charge is 0.223 e. The third kappa shape index (κ3) is 3.56. The number of nitrogens with one attached hydrogen (secondary N) is 1. The molecule has 0 aromatic carbocycles. The summed E-state index contributed by atoms with van der Waals surface area (Å²) in [5, 5.41) is 6.66. The molecule has 1 aliphatic carbocycles. The topological polar surface area (TPSA) is 75.0 Å². The van der Waals surface area contributed by atoms with Crippen molar-refractivity contribution < 1.29 is 4.79 Å². The zero-order valence-corrected chi connectivity index (χ0v) is 11.7. The van der Waals surface area contributed by atoms with Crippen molar-refractivity contribution in [3.05, 3.63) is 18.0 Å². The van der Waals surface area contributed by atoms with Gasteiger partial charge in [0.25, 0.3) is 0 Å². The normalized spacial score (nSPS) is 18.2. The third-order valence-electron chi connectivity index (χ3n) is 4.27. The Balaban J connectivity index is 1.91. The van der Waals surface area contributed by atoms with E-state index in [2.05, 4.69) is 10.2 Å². The zero-order chi connectivity index (χ0) is 13.7. The Labute approximate surface area is 114 Å². The Bertz CT molecular complexity index is 396. The first kappa shape index (κ1) is 14.1. The quantitative estimate of drug-likeness (QED) is 0.849. The molecule has 1 amide bonds. The summed E-state index contributed by atoms with van der Waals surface area (Å²) in [5.41, 5.74) is 7.01. The van der Waals surface area contributed by atoms with Crippen LogP contribution < -0.4 is 5.73 Å². The van der Waals surface area contributed by atoms with Crippen LogP contribution in [0.3, 0.4) is 0 Å². The Morgan fingerprint density at radius 3 is 2.79 bits per heavy atom. The van der Waals surface area contributed by atoms with E-state index in [0.717, 1.165) is 18.4 Å². The van der Waals surface area contributed by atoms with Crippen LogP contribution in [0.2, 0.25) is 0 Å². The molecule has 0 bridgehead atoms. The molecule has 5 heteroatoms. The lowest BCUT2D eigenvalue weighted by molar-refractivity contribution is -0.133. The number of aromatic amines is 1. The lowest BCUT2D eigenvalue weighted by atomic mass is 9.71. The molecule has 106 valence electrons. The van der Waals surface area contributed by atoms with Crippen LogP contribution >= 0.6 is 0 Å². The van der Waals surface area contributed by atoms with Crippen molar-refractivity contribution in [1.29, 1.82) is 0 Å². The monoisotopic (exact) mass is 264 g/mol. The van der Waals surface area contributed by atoms with E-state index in [1.54, 1.807) is 11.1 Å². The highest BCUT2D eigenvalue weighted by atomic mass is 16.2. The molecule has 1 fully saturated rings. The van der Waals surface area contributed by atoms with Gasteiger partial charge in [0.05, 0.1) is 6.20 Å². The molecule has 5 nitrogen and oxygen atoms in total. The first-order chi connectivity index (χ1) is 9.15. The minimum atomic E-state index is 0.0417. The highest BCUT2D eigenvalue weighted by Crippen LogP contribution is 2.38. The standard InChI is InChI=1S/C14H24N4O/c1-18(10-12-8-16-17-9-12)13(19)7-14(11-15)5-3-2-4-6-14/h8-9H,2-7,10-11,15H2,1H3,(H,16,17). The van der Waals surface area contributed by atoms with E-state index >= 15 is 0 Å². The van der Waals surface area contributed by atoms with Crippen LogP contribution in [-0.4, -0.2) is 34.6 Å². The van der Waals surface area contributed by atoms with E-state index in [0.29, 0.717) is 19.5 Å². The molecule has 0 atom stereocenters. The molecule has 1 aliphatic rings. The number of carbonyl (C=O) groups excluding carboxylic acids is 1. The van der Waals surface area contributed by atoms with Crippen LogP contribution in [0.1, 0.15) is 44.1 Å². The van der Waals surface area contributed by atoms with Crippen LogP contribution in [0.5, 0.6) is 0 Å². The molecule has 0 unspecified atom stereocenters. The van der Waals surface area contributed by atoms with Crippen molar-refractivity contribution in [2.45, 2.75) is 45.1 Å². The van der Waals surface area contributed by atoms with Gasteiger partial charge in [0.1, 0.15) is 0 Å². The first-order valence-corrected chi connectivity index (χ1v) is 7.07. The van der Waals surface area contributed by atoms with Gasteiger partial charge < -0.3 is 10.6 Å². The summed E-state index contributed by atoms with van der Waals surface area (Å²) in [4.78, 5) is 14.1. The van der Waals surface area contributed by atoms with Gasteiger partial charge in [0.2, 0.25) is 5.91 Å². The average Bonchev–Trinajstić information content (AvgIpc) is 2.92. The van der Waals surface area contributed by atoms with Crippen LogP contribution in [-0.2, 0) is 11.3 Å². The van der Waals surface area contributed by atoms with Crippen molar-refractivity contribution in [2.75, 3.05) is 13.6 Å². The summed E-state index contributed by atoms with van der Waals surface area (Å²) < 4.78 is 0. The van der Waals surface area contributed by atoms with Gasteiger partial charge in [-0.3, -0.25) is 9.89 Å². The molecule has 0 saturated heterocycles. The van der Waals surface area contributed by atoms with E-state index in [-0.39, 0.29) is 11.3 Å². The SMILES string of the molecule is CN(Cc1cn[nH]c1)C(=O)CC1(CN)CCCCC1. The van der Waals surface area contributed by atoms with Crippen molar-refractivity contribution in [3.8, 4) is 0 Å². The Morgan fingerprint density at radius 2 is 2.21 bits per heavy atom. The number of nitrogens with zero attached hydrogens (tertiary/aromatic N) is 2. The van der Waals surface area contributed by atoms with Gasteiger partial charge >= 0.3 is 0 Å². The van der Waals surface area contributed by atoms with Crippen LogP contribution in [0.4, 0.5) is 0 Å². The maximum atomic E-state index is 12.3. The molecule has 0 aliphatic heterocycles. The average molecular weight is 264 g/mol. The maximum Gasteiger partial charge on any atom is 0.223 e. The highest BCUT2D eigenvalue weighted by molar-refractivity contribution is 5.76. The van der Waals surface area contributed by atoms with E-state index in [1.165, 1.54) is 19.3 Å². The summed E-state index contributed by atoms with van der Waals surface area (Å²) >= 11 is 0. The van der Waals surface area contributed by atoms with E-state index < -0.39 is 0 Å². The Morgan fingerprint density at radius 1 is 1.47 bits per heavy atom. The molecule has 3 N–H and O–H groups in total. The molecule has 0 radical (unpaired) electrons. The fraction of sp³-hybridized carbons (Fsp3) is 0.714. The minimum Gasteiger partial charge on any atom is -0.341 e. The number of hydrogen-bond acceptors (Lipinski definition) is 3. The fourth-order valence-corrected chi connectivity index (χ4v) is 2.94. The Kier molecular flexibility index (Phi) is 4.58. The van der Waals surface area contributed by atoms with Gasteiger partial charge in [-0.05, 0) is 24.8 Å². The van der Waals surface area contributed by atoms with Crippen molar-refractivity contribution in [1.82, 2.24) is 15.1 Å². The maximum absolute atomic E-state index is 12.3. The van der Waals surface area contributed by atoms with Crippen LogP contribution in [0.25, 0.3) is 0 Å². The molecule has 1 aromatic heterocycles. The molecule has 0 spiro atoms.